The van der Waals surface area contributed by atoms with Crippen molar-refractivity contribution in [3.63, 3.8) is 0 Å². The van der Waals surface area contributed by atoms with Crippen LogP contribution >= 0.6 is 0 Å². The molecule has 0 atom stereocenters. The van der Waals surface area contributed by atoms with Crippen LogP contribution in [0.5, 0.6) is 0 Å². The third-order valence-electron chi connectivity index (χ3n) is 15.0. The second-order valence-electron chi connectivity index (χ2n) is 21.4. The van der Waals surface area contributed by atoms with Gasteiger partial charge in [0.25, 0.3) is 0 Å². The van der Waals surface area contributed by atoms with Gasteiger partial charge in [0.2, 0.25) is 11.4 Å². The minimum atomic E-state index is 1.04. The summed E-state index contributed by atoms with van der Waals surface area (Å²) in [5.74, 6) is 0. The summed E-state index contributed by atoms with van der Waals surface area (Å²) >= 11 is 1.07. The predicted octanol–water partition coefficient (Wildman–Crippen LogP) is 23.1. The average Bonchev–Trinajstić information content (AvgIpc) is 3.65. The van der Waals surface area contributed by atoms with Gasteiger partial charge < -0.3 is 5.53 Å². The van der Waals surface area contributed by atoms with Gasteiger partial charge in [-0.15, -0.1) is 0 Å². The zero-order valence-electron chi connectivity index (χ0n) is 48.5. The molecular formula is C67H116N2Pd. The van der Waals surface area contributed by atoms with E-state index >= 15 is 0 Å². The number of rotatable bonds is 43. The van der Waals surface area contributed by atoms with Crippen molar-refractivity contribution >= 4 is 11.4 Å². The molecule has 0 saturated carbocycles. The van der Waals surface area contributed by atoms with E-state index in [2.05, 4.69) is 93.5 Å². The summed E-state index contributed by atoms with van der Waals surface area (Å²) in [6.45, 7) is 23.2. The first-order valence-electron chi connectivity index (χ1n) is 31.1. The van der Waals surface area contributed by atoms with Crippen LogP contribution in [0, 0.1) is 0 Å². The van der Waals surface area contributed by atoms with Crippen LogP contribution in [0.15, 0.2) is 35.4 Å². The second kappa shape index (κ2) is 42.5. The quantitative estimate of drug-likeness (QED) is 0.0359. The van der Waals surface area contributed by atoms with Crippen molar-refractivity contribution in [1.82, 2.24) is 0 Å². The first-order valence-corrected chi connectivity index (χ1v) is 33.3. The molecule has 1 heterocycles. The van der Waals surface area contributed by atoms with Gasteiger partial charge in [-0.25, -0.2) is 4.70 Å². The molecule has 0 bridgehead atoms. The SMILES string of the molecule is CCCCCCC1=C(c2cc(CCCC)c(CCCC)c(CCCC)c2)[N+](=[N-])C(c2cc(CCCC)c(CCCC)c(CCCC)c2)=C1CCCCC.CCCCCCC[CH2][Pd][CH2]CCCCCCC. The van der Waals surface area contributed by atoms with Gasteiger partial charge in [0, 0.05) is 22.3 Å². The van der Waals surface area contributed by atoms with E-state index in [1.165, 1.54) is 244 Å². The first kappa shape index (κ1) is 64.3. The first-order chi connectivity index (χ1) is 34.3. The fraction of sp³-hybridized carbons (Fsp3) is 0.761. The van der Waals surface area contributed by atoms with E-state index in [1.54, 1.807) is 38.1 Å². The topological polar surface area (TPSA) is 25.3 Å². The summed E-state index contributed by atoms with van der Waals surface area (Å²) in [6, 6.07) is 10.1. The minimum absolute atomic E-state index is 1.04. The monoisotopic (exact) mass is 1050 g/mol. The van der Waals surface area contributed by atoms with Gasteiger partial charge >= 0.3 is 119 Å². The van der Waals surface area contributed by atoms with Crippen molar-refractivity contribution in [2.75, 3.05) is 0 Å². The number of allylic oxidation sites excluding steroid dienone is 2. The Bertz CT molecular complexity index is 1640. The number of benzene rings is 2. The molecule has 1 aliphatic heterocycles. The van der Waals surface area contributed by atoms with Crippen LogP contribution in [0.2, 0.25) is 9.79 Å². The summed E-state index contributed by atoms with van der Waals surface area (Å²) in [4.78, 5) is 3.07. The molecule has 70 heavy (non-hydrogen) atoms. The Kier molecular flexibility index (Phi) is 39.1. The van der Waals surface area contributed by atoms with Gasteiger partial charge in [0.05, 0.1) is 0 Å². The Labute approximate surface area is 446 Å². The van der Waals surface area contributed by atoms with Crippen molar-refractivity contribution in [2.24, 2.45) is 0 Å². The summed E-state index contributed by atoms with van der Waals surface area (Å²) in [5, 5.41) is 0. The summed E-state index contributed by atoms with van der Waals surface area (Å²) < 4.78 is 1.72. The molecular weight excluding hydrogens is 939 g/mol. The van der Waals surface area contributed by atoms with Crippen LogP contribution < -0.4 is 0 Å². The van der Waals surface area contributed by atoms with Crippen LogP contribution in [-0.2, 0) is 56.5 Å². The molecule has 3 heteroatoms. The van der Waals surface area contributed by atoms with E-state index in [1.807, 2.05) is 0 Å². The second-order valence-corrected chi connectivity index (χ2v) is 23.7. The molecule has 404 valence electrons. The number of unbranched alkanes of at least 4 members (excludes halogenated alkanes) is 21. The van der Waals surface area contributed by atoms with Crippen LogP contribution in [0.4, 0.5) is 0 Å². The van der Waals surface area contributed by atoms with Gasteiger partial charge in [0.1, 0.15) is 0 Å². The summed E-state index contributed by atoms with van der Waals surface area (Å²) in [6.07, 6.45) is 49.8. The molecule has 0 amide bonds. The molecule has 0 aliphatic carbocycles. The van der Waals surface area contributed by atoms with E-state index in [4.69, 9.17) is 0 Å². The van der Waals surface area contributed by atoms with Crippen molar-refractivity contribution in [2.45, 2.75) is 329 Å². The van der Waals surface area contributed by atoms with Crippen LogP contribution in [0.3, 0.4) is 0 Å². The Morgan fingerprint density at radius 2 is 0.557 bits per heavy atom. The zero-order chi connectivity index (χ0) is 51.0. The van der Waals surface area contributed by atoms with E-state index < -0.39 is 0 Å². The van der Waals surface area contributed by atoms with E-state index in [0.29, 0.717) is 0 Å². The fourth-order valence-corrected chi connectivity index (χ4v) is 12.5. The molecule has 0 radical (unpaired) electrons. The average molecular weight is 1060 g/mol. The zero-order valence-corrected chi connectivity index (χ0v) is 50.1. The Balaban J connectivity index is 0.000000837. The molecule has 0 aromatic heterocycles. The fourth-order valence-electron chi connectivity index (χ4n) is 10.6. The summed E-state index contributed by atoms with van der Waals surface area (Å²) in [7, 11) is 0. The normalized spacial score (nSPS) is 12.8. The van der Waals surface area contributed by atoms with E-state index in [9.17, 15) is 5.53 Å². The Hall–Kier alpha value is -1.82. The third-order valence-corrected chi connectivity index (χ3v) is 17.2. The molecule has 2 aromatic carbocycles. The van der Waals surface area contributed by atoms with Gasteiger partial charge in [-0.05, 0) is 160 Å². The molecule has 0 spiro atoms. The number of hydrogen-bond donors (Lipinski definition) is 0. The van der Waals surface area contributed by atoms with Crippen LogP contribution in [0.25, 0.3) is 16.9 Å². The molecule has 0 N–H and O–H groups in total. The Morgan fingerprint density at radius 3 is 0.886 bits per heavy atom. The molecule has 2 aromatic rings. The van der Waals surface area contributed by atoms with Crippen molar-refractivity contribution < 1.29 is 22.7 Å². The summed E-state index contributed by atoms with van der Waals surface area (Å²) in [5.41, 5.74) is 29.8. The van der Waals surface area contributed by atoms with E-state index in [-0.39, 0.29) is 0 Å². The van der Waals surface area contributed by atoms with Crippen LogP contribution in [-0.4, -0.2) is 4.70 Å². The standard InChI is InChI=1S/C51H82N2.2C8H17.Pd/c1-9-17-25-27-35-49-48(34-26-18-10-2)50(44-36-40(28-19-11-3)46(32-23-15-7)41(37-44)29-20-12-4)53(52)51(49)45-38-42(30-21-13-5)47(33-24-16-8)43(39-45)31-22-14-6;2*1-3-5-7-8-6-4-2;/h36-39H,9-35H2,1-8H3;2*1,3-8H2,2H3;. The van der Waals surface area contributed by atoms with Crippen LogP contribution in [0.1, 0.15) is 326 Å². The number of hydrogen-bond acceptors (Lipinski definition) is 0. The molecule has 0 unspecified atom stereocenters. The third kappa shape index (κ3) is 24.5. The van der Waals surface area contributed by atoms with Gasteiger partial charge in [-0.2, -0.15) is 0 Å². The number of aryl methyl sites for hydroxylation is 4. The predicted molar refractivity (Wildman–Crippen MR) is 311 cm³/mol. The molecule has 1 aliphatic rings. The maximum absolute atomic E-state index is 12.9. The Morgan fingerprint density at radius 1 is 0.300 bits per heavy atom. The molecule has 0 saturated heterocycles. The van der Waals surface area contributed by atoms with Crippen molar-refractivity contribution in [3.8, 4) is 0 Å². The molecule has 0 fully saturated rings. The van der Waals surface area contributed by atoms with Gasteiger partial charge in [-0.1, -0.05) is 126 Å². The van der Waals surface area contributed by atoms with Crippen molar-refractivity contribution in [1.29, 1.82) is 0 Å². The maximum atomic E-state index is 12.9. The molecule has 3 rings (SSSR count). The van der Waals surface area contributed by atoms with Crippen molar-refractivity contribution in [3.05, 3.63) is 85.5 Å². The van der Waals surface area contributed by atoms with Gasteiger partial charge in [0.15, 0.2) is 0 Å². The molecule has 2 nitrogen and oxygen atoms in total. The van der Waals surface area contributed by atoms with Gasteiger partial charge in [-0.3, -0.25) is 0 Å². The number of nitrogens with zero attached hydrogens (tertiary/aromatic N) is 2. The van der Waals surface area contributed by atoms with E-state index in [0.717, 1.165) is 67.9 Å².